The molecule has 0 amide bonds. The lowest BCUT2D eigenvalue weighted by molar-refractivity contribution is 0.214. The summed E-state index contributed by atoms with van der Waals surface area (Å²) in [4.78, 5) is 0. The van der Waals surface area contributed by atoms with E-state index in [4.69, 9.17) is 4.74 Å². The van der Waals surface area contributed by atoms with Crippen LogP contribution in [0.15, 0.2) is 45.3 Å². The van der Waals surface area contributed by atoms with Gasteiger partial charge in [-0.05, 0) is 58.7 Å². The fraction of sp³-hybridized carbons (Fsp3) is 0.200. The van der Waals surface area contributed by atoms with Crippen LogP contribution in [0.1, 0.15) is 24.2 Å². The highest BCUT2D eigenvalue weighted by Gasteiger charge is 2.16. The van der Waals surface area contributed by atoms with Crippen molar-refractivity contribution in [2.45, 2.75) is 13.0 Å². The molecule has 0 aliphatic heterocycles. The lowest BCUT2D eigenvalue weighted by Crippen LogP contribution is -2.03. The number of hydrogen-bond donors (Lipinski definition) is 1. The Morgan fingerprint density at radius 3 is 2.60 bits per heavy atom. The van der Waals surface area contributed by atoms with Crippen molar-refractivity contribution in [1.82, 2.24) is 0 Å². The molecular formula is C15H13Br2FO2. The molecule has 0 saturated carbocycles. The summed E-state index contributed by atoms with van der Waals surface area (Å²) in [6, 6.07) is 9.70. The van der Waals surface area contributed by atoms with Gasteiger partial charge in [0, 0.05) is 10.0 Å². The van der Waals surface area contributed by atoms with Crippen molar-refractivity contribution in [1.29, 1.82) is 0 Å². The second kappa shape index (κ2) is 6.70. The van der Waals surface area contributed by atoms with Crippen molar-refractivity contribution in [3.05, 3.63) is 62.3 Å². The Morgan fingerprint density at radius 1 is 1.20 bits per heavy atom. The Kier molecular flexibility index (Phi) is 5.18. The van der Waals surface area contributed by atoms with E-state index in [0.717, 1.165) is 8.95 Å². The Hall–Kier alpha value is -0.910. The molecule has 0 saturated heterocycles. The highest BCUT2D eigenvalue weighted by atomic mass is 79.9. The van der Waals surface area contributed by atoms with Crippen LogP contribution in [0.5, 0.6) is 5.75 Å². The van der Waals surface area contributed by atoms with Crippen LogP contribution in [0.25, 0.3) is 0 Å². The fourth-order valence-electron chi connectivity index (χ4n) is 1.86. The molecular weight excluding hydrogens is 391 g/mol. The zero-order valence-corrected chi connectivity index (χ0v) is 13.9. The lowest BCUT2D eigenvalue weighted by atomic mass is 10.0. The lowest BCUT2D eigenvalue weighted by Gasteiger charge is -2.14. The zero-order valence-electron chi connectivity index (χ0n) is 10.7. The van der Waals surface area contributed by atoms with Gasteiger partial charge in [-0.15, -0.1) is 0 Å². The summed E-state index contributed by atoms with van der Waals surface area (Å²) in [6.45, 7) is 2.45. The van der Waals surface area contributed by atoms with E-state index < -0.39 is 11.9 Å². The molecule has 0 spiro atoms. The summed E-state index contributed by atoms with van der Waals surface area (Å²) >= 11 is 6.66. The van der Waals surface area contributed by atoms with Crippen LogP contribution in [-0.2, 0) is 0 Å². The average Bonchev–Trinajstić information content (AvgIpc) is 2.43. The number of aliphatic hydroxyl groups excluding tert-OH is 1. The maximum atomic E-state index is 13.8. The van der Waals surface area contributed by atoms with E-state index in [0.29, 0.717) is 17.9 Å². The first-order valence-corrected chi connectivity index (χ1v) is 7.66. The van der Waals surface area contributed by atoms with Crippen LogP contribution in [0.3, 0.4) is 0 Å². The molecule has 0 aromatic heterocycles. The molecule has 2 rings (SSSR count). The summed E-state index contributed by atoms with van der Waals surface area (Å²) in [5.74, 6) is 0.254. The van der Waals surface area contributed by atoms with Crippen molar-refractivity contribution in [2.24, 2.45) is 0 Å². The van der Waals surface area contributed by atoms with Gasteiger partial charge in [-0.3, -0.25) is 0 Å². The molecule has 5 heteroatoms. The number of halogens is 3. The molecule has 0 aliphatic rings. The van der Waals surface area contributed by atoms with E-state index in [1.165, 1.54) is 6.07 Å². The van der Waals surface area contributed by atoms with Crippen LogP contribution in [-0.4, -0.2) is 11.7 Å². The van der Waals surface area contributed by atoms with E-state index in [2.05, 4.69) is 31.9 Å². The van der Waals surface area contributed by atoms with Crippen molar-refractivity contribution in [2.75, 3.05) is 6.61 Å². The molecule has 1 unspecified atom stereocenters. The maximum Gasteiger partial charge on any atom is 0.133 e. The minimum absolute atomic E-state index is 0.232. The summed E-state index contributed by atoms with van der Waals surface area (Å²) in [5.41, 5.74) is 0.827. The molecule has 1 atom stereocenters. The minimum atomic E-state index is -1.03. The Morgan fingerprint density at radius 2 is 1.95 bits per heavy atom. The normalized spacial score (nSPS) is 12.2. The first kappa shape index (κ1) is 15.5. The smallest absolute Gasteiger partial charge is 0.133 e. The van der Waals surface area contributed by atoms with Crippen LogP contribution in [0, 0.1) is 5.82 Å². The molecule has 0 heterocycles. The predicted molar refractivity (Wildman–Crippen MR) is 83.5 cm³/mol. The monoisotopic (exact) mass is 402 g/mol. The second-order valence-corrected chi connectivity index (χ2v) is 5.96. The molecule has 20 heavy (non-hydrogen) atoms. The van der Waals surface area contributed by atoms with Gasteiger partial charge in [0.2, 0.25) is 0 Å². The third-order valence-corrected chi connectivity index (χ3v) is 3.94. The number of ether oxygens (including phenoxy) is 1. The SMILES string of the molecule is CCOc1ccc(C(O)c2cc(Br)ccc2F)cc1Br. The largest absolute Gasteiger partial charge is 0.493 e. The van der Waals surface area contributed by atoms with Crippen molar-refractivity contribution in [3.8, 4) is 5.75 Å². The van der Waals surface area contributed by atoms with Gasteiger partial charge in [0.1, 0.15) is 17.7 Å². The van der Waals surface area contributed by atoms with E-state index in [-0.39, 0.29) is 5.56 Å². The minimum Gasteiger partial charge on any atom is -0.493 e. The highest BCUT2D eigenvalue weighted by Crippen LogP contribution is 2.32. The fourth-order valence-corrected chi connectivity index (χ4v) is 2.75. The van der Waals surface area contributed by atoms with Crippen LogP contribution >= 0.6 is 31.9 Å². The number of aliphatic hydroxyl groups is 1. The Balaban J connectivity index is 2.35. The first-order chi connectivity index (χ1) is 9.52. The van der Waals surface area contributed by atoms with Crippen molar-refractivity contribution >= 4 is 31.9 Å². The van der Waals surface area contributed by atoms with Gasteiger partial charge in [0.15, 0.2) is 0 Å². The molecule has 2 aromatic carbocycles. The van der Waals surface area contributed by atoms with Crippen molar-refractivity contribution in [3.63, 3.8) is 0 Å². The summed E-state index contributed by atoms with van der Waals surface area (Å²) in [7, 11) is 0. The zero-order chi connectivity index (χ0) is 14.7. The maximum absolute atomic E-state index is 13.8. The average molecular weight is 404 g/mol. The van der Waals surface area contributed by atoms with Gasteiger partial charge in [-0.2, -0.15) is 0 Å². The van der Waals surface area contributed by atoms with Gasteiger partial charge in [0.25, 0.3) is 0 Å². The molecule has 2 nitrogen and oxygen atoms in total. The Bertz CT molecular complexity index is 617. The van der Waals surface area contributed by atoms with Crippen molar-refractivity contribution < 1.29 is 14.2 Å². The van der Waals surface area contributed by atoms with E-state index >= 15 is 0 Å². The standard InChI is InChI=1S/C15H13Br2FO2/c1-2-20-14-6-3-9(7-12(14)17)15(19)11-8-10(16)4-5-13(11)18/h3-8,15,19H,2H2,1H3. The van der Waals surface area contributed by atoms with E-state index in [1.54, 1.807) is 30.3 Å². The third kappa shape index (κ3) is 3.40. The van der Waals surface area contributed by atoms with Gasteiger partial charge >= 0.3 is 0 Å². The molecule has 2 aromatic rings. The molecule has 0 aliphatic carbocycles. The van der Waals surface area contributed by atoms with Crippen LogP contribution in [0.2, 0.25) is 0 Å². The Labute approximate surface area is 133 Å². The van der Waals surface area contributed by atoms with E-state index in [9.17, 15) is 9.50 Å². The molecule has 0 fully saturated rings. The van der Waals surface area contributed by atoms with Gasteiger partial charge in [0.05, 0.1) is 11.1 Å². The quantitative estimate of drug-likeness (QED) is 0.791. The van der Waals surface area contributed by atoms with Crippen LogP contribution < -0.4 is 4.74 Å². The number of benzene rings is 2. The first-order valence-electron chi connectivity index (χ1n) is 6.08. The highest BCUT2D eigenvalue weighted by molar-refractivity contribution is 9.10. The number of rotatable bonds is 4. The van der Waals surface area contributed by atoms with Crippen LogP contribution in [0.4, 0.5) is 4.39 Å². The number of hydrogen-bond acceptors (Lipinski definition) is 2. The van der Waals surface area contributed by atoms with E-state index in [1.807, 2.05) is 6.92 Å². The molecule has 106 valence electrons. The second-order valence-electron chi connectivity index (χ2n) is 4.19. The topological polar surface area (TPSA) is 29.5 Å². The summed E-state index contributed by atoms with van der Waals surface area (Å²) < 4.78 is 20.6. The van der Waals surface area contributed by atoms with Gasteiger partial charge < -0.3 is 9.84 Å². The molecule has 1 N–H and O–H groups in total. The molecule has 0 radical (unpaired) electrons. The summed E-state index contributed by atoms with van der Waals surface area (Å²) in [5, 5.41) is 10.3. The van der Waals surface area contributed by atoms with Gasteiger partial charge in [-0.25, -0.2) is 4.39 Å². The third-order valence-electron chi connectivity index (χ3n) is 2.82. The van der Waals surface area contributed by atoms with Gasteiger partial charge in [-0.1, -0.05) is 22.0 Å². The summed E-state index contributed by atoms with van der Waals surface area (Å²) in [6.07, 6.45) is -1.03. The molecule has 0 bridgehead atoms. The predicted octanol–water partition coefficient (Wildman–Crippen LogP) is 4.83.